The van der Waals surface area contributed by atoms with Gasteiger partial charge in [-0.1, -0.05) is 133 Å². The molecule has 5 aromatic rings. The van der Waals surface area contributed by atoms with E-state index >= 15 is 0 Å². The highest BCUT2D eigenvalue weighted by Gasteiger charge is 2.53. The van der Waals surface area contributed by atoms with Crippen molar-refractivity contribution in [2.45, 2.75) is 110 Å². The Kier molecular flexibility index (Phi) is 10.8. The number of aromatic nitrogens is 2. The second kappa shape index (κ2) is 15.4. The minimum atomic E-state index is -1.12. The summed E-state index contributed by atoms with van der Waals surface area (Å²) in [7, 11) is 0. The third-order valence-electron chi connectivity index (χ3n) is 10.3. The van der Waals surface area contributed by atoms with Gasteiger partial charge < -0.3 is 15.6 Å². The average molecular weight is 647 g/mol. The predicted molar refractivity (Wildman–Crippen MR) is 200 cm³/mol. The van der Waals surface area contributed by atoms with Gasteiger partial charge in [0, 0.05) is 51.9 Å². The van der Waals surface area contributed by atoms with Crippen LogP contribution >= 0.6 is 0 Å². The van der Waals surface area contributed by atoms with Gasteiger partial charge in [-0.15, -0.1) is 0 Å². The van der Waals surface area contributed by atoms with Gasteiger partial charge in [-0.05, 0) is 44.9 Å². The highest BCUT2D eigenvalue weighted by atomic mass is 16.6. The average Bonchev–Trinajstić information content (AvgIpc) is 3.67. The molecular weight excluding hydrogens is 592 g/mol. The number of cyclic esters (lactones) is 1. The lowest BCUT2D eigenvalue weighted by atomic mass is 9.77. The van der Waals surface area contributed by atoms with Crippen molar-refractivity contribution in [3.63, 3.8) is 0 Å². The molecule has 0 saturated heterocycles. The van der Waals surface area contributed by atoms with Crippen LogP contribution in [0.25, 0.3) is 21.8 Å². The van der Waals surface area contributed by atoms with E-state index in [4.69, 9.17) is 4.74 Å². The Balaban J connectivity index is 1.46. The van der Waals surface area contributed by atoms with Crippen LogP contribution in [0.1, 0.15) is 129 Å². The molecule has 0 saturated carbocycles. The van der Waals surface area contributed by atoms with Crippen LogP contribution in [-0.4, -0.2) is 28.4 Å². The number of carbonyl (C=O) groups excluding carboxylic acids is 1. The van der Waals surface area contributed by atoms with E-state index in [1.54, 1.807) is 0 Å². The number of hydrogen-bond acceptors (Lipinski definition) is 4. The fourth-order valence-corrected chi connectivity index (χ4v) is 7.94. The molecule has 0 atom stereocenters. The van der Waals surface area contributed by atoms with E-state index < -0.39 is 5.60 Å². The summed E-state index contributed by atoms with van der Waals surface area (Å²) in [6.45, 7) is 10.6. The van der Waals surface area contributed by atoms with Crippen LogP contribution in [0.3, 0.4) is 0 Å². The van der Waals surface area contributed by atoms with E-state index in [2.05, 4.69) is 102 Å². The maximum absolute atomic E-state index is 13.9. The lowest BCUT2D eigenvalue weighted by Gasteiger charge is -2.31. The van der Waals surface area contributed by atoms with Crippen LogP contribution in [0, 0.1) is 13.8 Å². The Morgan fingerprint density at radius 1 is 0.583 bits per heavy atom. The zero-order valence-corrected chi connectivity index (χ0v) is 29.5. The first-order valence-corrected chi connectivity index (χ1v) is 18.6. The van der Waals surface area contributed by atoms with E-state index in [-0.39, 0.29) is 5.97 Å². The first-order valence-electron chi connectivity index (χ1n) is 18.6. The molecule has 1 aliphatic heterocycles. The Labute approximate surface area is 286 Å². The summed E-state index contributed by atoms with van der Waals surface area (Å²) in [6.07, 6.45) is 15.0. The van der Waals surface area contributed by atoms with Gasteiger partial charge in [0.1, 0.15) is 0 Å². The number of hydrogen-bond donors (Lipinski definition) is 2. The lowest BCUT2D eigenvalue weighted by Crippen LogP contribution is -2.32. The van der Waals surface area contributed by atoms with Crippen LogP contribution in [-0.2, 0) is 10.3 Å². The number of para-hydroxylation sites is 2. The fourth-order valence-electron chi connectivity index (χ4n) is 7.94. The Morgan fingerprint density at radius 2 is 1.02 bits per heavy atom. The molecule has 48 heavy (non-hydrogen) atoms. The smallest absolute Gasteiger partial charge is 0.340 e. The minimum absolute atomic E-state index is 0.280. The number of benzene rings is 3. The highest BCUT2D eigenvalue weighted by molar-refractivity contribution is 6.01. The molecular formula is C42H54N4O2. The van der Waals surface area contributed by atoms with Gasteiger partial charge in [0.05, 0.1) is 16.6 Å². The summed E-state index contributed by atoms with van der Waals surface area (Å²) in [5.41, 5.74) is 14.3. The molecule has 254 valence electrons. The van der Waals surface area contributed by atoms with Crippen LogP contribution < -0.4 is 10.9 Å². The first-order chi connectivity index (χ1) is 23.5. The van der Waals surface area contributed by atoms with Gasteiger partial charge >= 0.3 is 5.97 Å². The standard InChI is InChI=1S/C42H54N4O2/c1-5-7-9-11-13-21-29-43-45-31(3)39(34-24-16-19-27-37(34)45)42(36-26-18-15-23-33(36)41(47)48-42)40-32(4)46(38-28-20-17-25-35(38)40)44-30-22-14-12-10-8-6-2/h15-20,23-28,43-44H,5-14,21-22,29-30H2,1-4H3. The van der Waals surface area contributed by atoms with Crippen LogP contribution in [0.2, 0.25) is 0 Å². The van der Waals surface area contributed by atoms with Crippen molar-refractivity contribution in [2.75, 3.05) is 23.9 Å². The summed E-state index contributed by atoms with van der Waals surface area (Å²) in [5.74, 6) is -0.280. The van der Waals surface area contributed by atoms with Crippen molar-refractivity contribution in [3.8, 4) is 0 Å². The van der Waals surface area contributed by atoms with Crippen LogP contribution in [0.15, 0.2) is 72.8 Å². The molecule has 6 heteroatoms. The van der Waals surface area contributed by atoms with Crippen molar-refractivity contribution in [1.29, 1.82) is 0 Å². The van der Waals surface area contributed by atoms with Gasteiger partial charge in [-0.3, -0.25) is 9.35 Å². The van der Waals surface area contributed by atoms with E-state index in [9.17, 15) is 4.79 Å². The molecule has 3 aromatic carbocycles. The lowest BCUT2D eigenvalue weighted by molar-refractivity contribution is 0.0256. The molecule has 0 aliphatic carbocycles. The monoisotopic (exact) mass is 646 g/mol. The number of rotatable bonds is 18. The molecule has 0 bridgehead atoms. The predicted octanol–water partition coefficient (Wildman–Crippen LogP) is 10.5. The second-order valence-corrected chi connectivity index (χ2v) is 13.6. The molecule has 2 aromatic heterocycles. The summed E-state index contributed by atoms with van der Waals surface area (Å²) in [5, 5.41) is 2.18. The topological polar surface area (TPSA) is 60.2 Å². The van der Waals surface area contributed by atoms with Gasteiger partial charge in [0.15, 0.2) is 5.60 Å². The molecule has 0 spiro atoms. The number of ether oxygens (including phenoxy) is 1. The van der Waals surface area contributed by atoms with Crippen molar-refractivity contribution in [3.05, 3.63) is 106 Å². The molecule has 1 aliphatic rings. The number of nitrogens with zero attached hydrogens (tertiary/aromatic N) is 2. The van der Waals surface area contributed by atoms with Crippen molar-refractivity contribution >= 4 is 27.8 Å². The van der Waals surface area contributed by atoms with E-state index in [1.807, 2.05) is 18.2 Å². The molecule has 0 amide bonds. The molecule has 6 nitrogen and oxygen atoms in total. The van der Waals surface area contributed by atoms with Crippen molar-refractivity contribution in [2.24, 2.45) is 0 Å². The number of nitrogens with one attached hydrogen (secondary N) is 2. The quantitative estimate of drug-likeness (QED) is 0.0735. The third-order valence-corrected chi connectivity index (χ3v) is 10.3. The van der Waals surface area contributed by atoms with Crippen LogP contribution in [0.5, 0.6) is 0 Å². The Bertz CT molecular complexity index is 1750. The summed E-state index contributed by atoms with van der Waals surface area (Å²) < 4.78 is 11.3. The number of fused-ring (bicyclic) bond motifs is 3. The number of carbonyl (C=O) groups is 1. The number of unbranched alkanes of at least 4 members (excludes halogenated alkanes) is 10. The Hall–Kier alpha value is -4.19. The van der Waals surface area contributed by atoms with Gasteiger partial charge in [-0.25, -0.2) is 4.79 Å². The molecule has 2 N–H and O–H groups in total. The molecule has 0 unspecified atom stereocenters. The highest BCUT2D eigenvalue weighted by Crippen LogP contribution is 2.53. The van der Waals surface area contributed by atoms with Crippen molar-refractivity contribution < 1.29 is 9.53 Å². The molecule has 6 rings (SSSR count). The minimum Gasteiger partial charge on any atom is -0.440 e. The number of esters is 1. The van der Waals surface area contributed by atoms with Gasteiger partial charge in [0.25, 0.3) is 0 Å². The van der Waals surface area contributed by atoms with E-state index in [1.165, 1.54) is 64.2 Å². The maximum Gasteiger partial charge on any atom is 0.340 e. The second-order valence-electron chi connectivity index (χ2n) is 13.6. The van der Waals surface area contributed by atoms with Gasteiger partial charge in [0.2, 0.25) is 0 Å². The summed E-state index contributed by atoms with van der Waals surface area (Å²) >= 11 is 0. The summed E-state index contributed by atoms with van der Waals surface area (Å²) in [4.78, 5) is 13.9. The fraction of sp³-hybridized carbons (Fsp3) is 0.452. The van der Waals surface area contributed by atoms with E-state index in [0.29, 0.717) is 5.56 Å². The third kappa shape index (κ3) is 6.22. The van der Waals surface area contributed by atoms with Crippen LogP contribution in [0.4, 0.5) is 0 Å². The van der Waals surface area contributed by atoms with Crippen molar-refractivity contribution in [1.82, 2.24) is 9.35 Å². The molecule has 0 fully saturated rings. The van der Waals surface area contributed by atoms with E-state index in [0.717, 1.165) is 75.8 Å². The maximum atomic E-state index is 13.9. The molecule has 0 radical (unpaired) electrons. The van der Waals surface area contributed by atoms with Gasteiger partial charge in [-0.2, -0.15) is 0 Å². The first kappa shape index (κ1) is 33.7. The molecule has 3 heterocycles. The SMILES string of the molecule is CCCCCCCCNn1c(C)c(C2(c3c(C)n(NCCCCCCCC)c4ccccc34)OC(=O)c3ccccc32)c2ccccc21. The largest absolute Gasteiger partial charge is 0.440 e. The zero-order valence-electron chi connectivity index (χ0n) is 29.5. The summed E-state index contributed by atoms with van der Waals surface area (Å²) in [6, 6.07) is 25.1. The normalized spacial score (nSPS) is 13.7. The Morgan fingerprint density at radius 3 is 1.54 bits per heavy atom. The zero-order chi connectivity index (χ0) is 33.5.